The van der Waals surface area contributed by atoms with Crippen LogP contribution in [0.4, 0.5) is 10.5 Å². The monoisotopic (exact) mass is 384 g/mol. The van der Waals surface area contributed by atoms with Crippen LogP contribution in [0.2, 0.25) is 10.0 Å². The van der Waals surface area contributed by atoms with Gasteiger partial charge in [-0.05, 0) is 30.3 Å². The maximum absolute atomic E-state index is 12.1. The van der Waals surface area contributed by atoms with E-state index in [0.29, 0.717) is 33.0 Å². The first-order valence-corrected chi connectivity index (χ1v) is 8.03. The SMILES string of the molecule is COc1ccc(CNC(=O)Nc2ccc(Cl)cc2Cl)c(OC)c1OC. The average molecular weight is 385 g/mol. The topological polar surface area (TPSA) is 68.8 Å². The number of nitrogens with one attached hydrogen (secondary N) is 2. The summed E-state index contributed by atoms with van der Waals surface area (Å²) in [6.45, 7) is 0.223. The summed E-state index contributed by atoms with van der Waals surface area (Å²) in [5.41, 5.74) is 1.19. The third-order valence-electron chi connectivity index (χ3n) is 3.40. The van der Waals surface area contributed by atoms with Crippen molar-refractivity contribution in [3.8, 4) is 17.2 Å². The molecule has 2 rings (SSSR count). The van der Waals surface area contributed by atoms with Crippen molar-refractivity contribution in [1.82, 2.24) is 5.32 Å². The fraction of sp³-hybridized carbons (Fsp3) is 0.235. The number of carbonyl (C=O) groups is 1. The molecule has 0 bridgehead atoms. The Morgan fingerprint density at radius 3 is 2.32 bits per heavy atom. The summed E-state index contributed by atoms with van der Waals surface area (Å²) in [4.78, 5) is 12.1. The van der Waals surface area contributed by atoms with Crippen LogP contribution in [-0.4, -0.2) is 27.4 Å². The smallest absolute Gasteiger partial charge is 0.319 e. The minimum absolute atomic E-state index is 0.223. The maximum Gasteiger partial charge on any atom is 0.319 e. The van der Waals surface area contributed by atoms with Crippen LogP contribution in [0.1, 0.15) is 5.56 Å². The van der Waals surface area contributed by atoms with Gasteiger partial charge in [0.05, 0.1) is 32.0 Å². The first-order chi connectivity index (χ1) is 12.0. The van der Waals surface area contributed by atoms with Gasteiger partial charge in [0.2, 0.25) is 5.75 Å². The molecule has 0 aliphatic heterocycles. The third-order valence-corrected chi connectivity index (χ3v) is 3.95. The van der Waals surface area contributed by atoms with Crippen LogP contribution in [0.15, 0.2) is 30.3 Å². The van der Waals surface area contributed by atoms with Gasteiger partial charge in [-0.1, -0.05) is 23.2 Å². The van der Waals surface area contributed by atoms with Crippen molar-refractivity contribution in [2.75, 3.05) is 26.6 Å². The predicted molar refractivity (Wildman–Crippen MR) is 98.4 cm³/mol. The van der Waals surface area contributed by atoms with E-state index in [4.69, 9.17) is 37.4 Å². The lowest BCUT2D eigenvalue weighted by Gasteiger charge is -2.16. The Labute approximate surface area is 156 Å². The van der Waals surface area contributed by atoms with E-state index in [1.807, 2.05) is 0 Å². The molecular weight excluding hydrogens is 367 g/mol. The van der Waals surface area contributed by atoms with E-state index in [0.717, 1.165) is 5.56 Å². The minimum atomic E-state index is -0.416. The lowest BCUT2D eigenvalue weighted by molar-refractivity contribution is 0.251. The maximum atomic E-state index is 12.1. The normalized spacial score (nSPS) is 10.1. The molecule has 2 aromatic rings. The molecule has 0 atom stereocenters. The Balaban J connectivity index is 2.09. The van der Waals surface area contributed by atoms with Gasteiger partial charge in [-0.3, -0.25) is 0 Å². The number of hydrogen-bond donors (Lipinski definition) is 2. The van der Waals surface area contributed by atoms with E-state index in [1.54, 1.807) is 37.4 Å². The molecule has 2 N–H and O–H groups in total. The summed E-state index contributed by atoms with van der Waals surface area (Å²) < 4.78 is 15.9. The molecule has 0 spiro atoms. The highest BCUT2D eigenvalue weighted by atomic mass is 35.5. The number of urea groups is 1. The molecule has 0 fully saturated rings. The number of halogens is 2. The van der Waals surface area contributed by atoms with E-state index >= 15 is 0 Å². The molecule has 2 aromatic carbocycles. The van der Waals surface area contributed by atoms with E-state index in [-0.39, 0.29) is 6.54 Å². The molecule has 0 radical (unpaired) electrons. The third kappa shape index (κ3) is 4.61. The zero-order valence-corrected chi connectivity index (χ0v) is 15.5. The van der Waals surface area contributed by atoms with Crippen molar-refractivity contribution in [2.45, 2.75) is 6.54 Å². The van der Waals surface area contributed by atoms with Gasteiger partial charge in [0.1, 0.15) is 0 Å². The second kappa shape index (κ2) is 8.69. The molecule has 8 heteroatoms. The van der Waals surface area contributed by atoms with Crippen molar-refractivity contribution < 1.29 is 19.0 Å². The highest BCUT2D eigenvalue weighted by Crippen LogP contribution is 2.39. The molecule has 0 unspecified atom stereocenters. The number of methoxy groups -OCH3 is 3. The standard InChI is InChI=1S/C17H18Cl2N2O4/c1-23-14-7-4-10(15(24-2)16(14)25-3)9-20-17(22)21-13-6-5-11(18)8-12(13)19/h4-8H,9H2,1-3H3,(H2,20,21,22). The number of amides is 2. The lowest BCUT2D eigenvalue weighted by atomic mass is 10.1. The summed E-state index contributed by atoms with van der Waals surface area (Å²) in [5.74, 6) is 1.50. The number of anilines is 1. The molecule has 0 heterocycles. The van der Waals surface area contributed by atoms with E-state index in [1.165, 1.54) is 14.2 Å². The zero-order chi connectivity index (χ0) is 18.4. The minimum Gasteiger partial charge on any atom is -0.493 e. The van der Waals surface area contributed by atoms with Crippen molar-refractivity contribution in [1.29, 1.82) is 0 Å². The molecule has 2 amide bonds. The summed E-state index contributed by atoms with van der Waals surface area (Å²) in [7, 11) is 4.58. The van der Waals surface area contributed by atoms with Crippen LogP contribution in [-0.2, 0) is 6.54 Å². The van der Waals surface area contributed by atoms with Crippen molar-refractivity contribution in [3.63, 3.8) is 0 Å². The van der Waals surface area contributed by atoms with Gasteiger partial charge < -0.3 is 24.8 Å². The molecule has 6 nitrogen and oxygen atoms in total. The molecule has 0 aromatic heterocycles. The molecular formula is C17H18Cl2N2O4. The van der Waals surface area contributed by atoms with E-state index < -0.39 is 6.03 Å². The van der Waals surface area contributed by atoms with E-state index in [2.05, 4.69) is 10.6 Å². The summed E-state index contributed by atoms with van der Waals surface area (Å²) in [6.07, 6.45) is 0. The largest absolute Gasteiger partial charge is 0.493 e. The molecule has 0 aliphatic carbocycles. The quantitative estimate of drug-likeness (QED) is 0.776. The van der Waals surface area contributed by atoms with Crippen LogP contribution in [0.5, 0.6) is 17.2 Å². The lowest BCUT2D eigenvalue weighted by Crippen LogP contribution is -2.28. The average Bonchev–Trinajstić information content (AvgIpc) is 2.61. The van der Waals surface area contributed by atoms with Gasteiger partial charge in [-0.25, -0.2) is 4.79 Å². The van der Waals surface area contributed by atoms with Gasteiger partial charge >= 0.3 is 6.03 Å². The summed E-state index contributed by atoms with van der Waals surface area (Å²) in [6, 6.07) is 7.93. The summed E-state index contributed by atoms with van der Waals surface area (Å²) in [5, 5.41) is 6.24. The molecule has 0 aliphatic rings. The Bertz CT molecular complexity index is 769. The van der Waals surface area contributed by atoms with Crippen molar-refractivity contribution in [3.05, 3.63) is 45.9 Å². The number of benzene rings is 2. The fourth-order valence-corrected chi connectivity index (χ4v) is 2.69. The zero-order valence-electron chi connectivity index (χ0n) is 14.0. The van der Waals surface area contributed by atoms with Gasteiger partial charge in [0.15, 0.2) is 11.5 Å². The first kappa shape index (κ1) is 19.0. The first-order valence-electron chi connectivity index (χ1n) is 7.28. The predicted octanol–water partition coefficient (Wildman–Crippen LogP) is 4.34. The number of hydrogen-bond acceptors (Lipinski definition) is 4. The Morgan fingerprint density at radius 2 is 1.72 bits per heavy atom. The Kier molecular flexibility index (Phi) is 6.61. The second-order valence-corrected chi connectivity index (χ2v) is 5.77. The van der Waals surface area contributed by atoms with Crippen LogP contribution < -0.4 is 24.8 Å². The van der Waals surface area contributed by atoms with Crippen molar-refractivity contribution >= 4 is 34.9 Å². The van der Waals surface area contributed by atoms with Gasteiger partial charge in [-0.2, -0.15) is 0 Å². The van der Waals surface area contributed by atoms with Crippen LogP contribution in [0.25, 0.3) is 0 Å². The highest BCUT2D eigenvalue weighted by Gasteiger charge is 2.16. The number of carbonyl (C=O) groups excluding carboxylic acids is 1. The molecule has 0 saturated heterocycles. The van der Waals surface area contributed by atoms with Crippen LogP contribution in [0, 0.1) is 0 Å². The fourth-order valence-electron chi connectivity index (χ4n) is 2.24. The summed E-state index contributed by atoms with van der Waals surface area (Å²) >= 11 is 11.9. The van der Waals surface area contributed by atoms with E-state index in [9.17, 15) is 4.79 Å². The Morgan fingerprint density at radius 1 is 1.00 bits per heavy atom. The van der Waals surface area contributed by atoms with Gasteiger partial charge in [0, 0.05) is 17.1 Å². The number of rotatable bonds is 6. The number of ether oxygens (including phenoxy) is 3. The Hall–Kier alpha value is -2.31. The molecule has 134 valence electrons. The molecule has 0 saturated carbocycles. The van der Waals surface area contributed by atoms with Crippen molar-refractivity contribution in [2.24, 2.45) is 0 Å². The molecule has 25 heavy (non-hydrogen) atoms. The van der Waals surface area contributed by atoms with Crippen LogP contribution in [0.3, 0.4) is 0 Å². The van der Waals surface area contributed by atoms with Gasteiger partial charge in [-0.15, -0.1) is 0 Å². The van der Waals surface area contributed by atoms with Gasteiger partial charge in [0.25, 0.3) is 0 Å². The second-order valence-electron chi connectivity index (χ2n) is 4.93. The highest BCUT2D eigenvalue weighted by molar-refractivity contribution is 6.36. The van der Waals surface area contributed by atoms with Crippen LogP contribution >= 0.6 is 23.2 Å².